The van der Waals surface area contributed by atoms with Gasteiger partial charge in [0, 0.05) is 45.0 Å². The second-order valence-electron chi connectivity index (χ2n) is 7.51. The van der Waals surface area contributed by atoms with Crippen LogP contribution < -0.4 is 4.90 Å². The molecule has 0 radical (unpaired) electrons. The lowest BCUT2D eigenvalue weighted by atomic mass is 10.2. The van der Waals surface area contributed by atoms with E-state index in [4.69, 9.17) is 0 Å². The summed E-state index contributed by atoms with van der Waals surface area (Å²) in [7, 11) is 0. The van der Waals surface area contributed by atoms with Crippen molar-refractivity contribution >= 4 is 11.6 Å². The second kappa shape index (κ2) is 8.11. The van der Waals surface area contributed by atoms with E-state index in [1.54, 1.807) is 0 Å². The van der Waals surface area contributed by atoms with Crippen molar-refractivity contribution in [2.24, 2.45) is 0 Å². The van der Waals surface area contributed by atoms with Gasteiger partial charge in [0.15, 0.2) is 0 Å². The van der Waals surface area contributed by atoms with E-state index in [-0.39, 0.29) is 5.91 Å². The number of fused-ring (bicyclic) bond motifs is 1. The zero-order valence-electron chi connectivity index (χ0n) is 15.6. The smallest absolute Gasteiger partial charge is 0.242 e. The van der Waals surface area contributed by atoms with Crippen molar-refractivity contribution < 1.29 is 9.90 Å². The van der Waals surface area contributed by atoms with Crippen LogP contribution in [0.4, 0.5) is 5.69 Å². The van der Waals surface area contributed by atoms with Crippen molar-refractivity contribution in [3.8, 4) is 0 Å². The zero-order valence-corrected chi connectivity index (χ0v) is 15.6. The van der Waals surface area contributed by atoms with Crippen LogP contribution in [0.5, 0.6) is 0 Å². The molecular formula is C22H27N3O2. The summed E-state index contributed by atoms with van der Waals surface area (Å²) in [4.78, 5) is 19.1. The lowest BCUT2D eigenvalue weighted by Crippen LogP contribution is -2.43. The third-order valence-electron chi connectivity index (χ3n) is 5.50. The van der Waals surface area contributed by atoms with Crippen LogP contribution in [0.3, 0.4) is 0 Å². The average Bonchev–Trinajstić information content (AvgIpc) is 2.98. The van der Waals surface area contributed by atoms with Crippen molar-refractivity contribution in [3.63, 3.8) is 0 Å². The summed E-state index contributed by atoms with van der Waals surface area (Å²) < 4.78 is 0. The van der Waals surface area contributed by atoms with Crippen molar-refractivity contribution in [3.05, 3.63) is 65.7 Å². The maximum absolute atomic E-state index is 12.9. The highest BCUT2D eigenvalue weighted by Gasteiger charge is 2.27. The van der Waals surface area contributed by atoms with Crippen LogP contribution >= 0.6 is 0 Å². The van der Waals surface area contributed by atoms with Gasteiger partial charge < -0.3 is 14.9 Å². The minimum Gasteiger partial charge on any atom is -0.390 e. The molecule has 27 heavy (non-hydrogen) atoms. The molecule has 5 heteroatoms. The van der Waals surface area contributed by atoms with Gasteiger partial charge in [0.05, 0.1) is 12.6 Å². The molecule has 0 bridgehead atoms. The first kappa shape index (κ1) is 18.0. The normalized spacial score (nSPS) is 20.4. The molecule has 1 saturated heterocycles. The fourth-order valence-electron chi connectivity index (χ4n) is 4.10. The van der Waals surface area contributed by atoms with Gasteiger partial charge in [0.1, 0.15) is 0 Å². The third-order valence-corrected chi connectivity index (χ3v) is 5.50. The lowest BCUT2D eigenvalue weighted by molar-refractivity contribution is -0.130. The Morgan fingerprint density at radius 2 is 1.74 bits per heavy atom. The molecule has 1 unspecified atom stereocenters. The predicted octanol–water partition coefficient (Wildman–Crippen LogP) is 1.75. The largest absolute Gasteiger partial charge is 0.390 e. The van der Waals surface area contributed by atoms with E-state index < -0.39 is 6.10 Å². The Morgan fingerprint density at radius 3 is 2.59 bits per heavy atom. The standard InChI is InChI=1S/C22H27N3O2/c26-20-15-23(14-18-6-2-1-3-7-18)12-13-25(16-20)22(27)17-24-11-10-19-8-4-5-9-21(19)24/h1-9,20,26H,10-17H2. The highest BCUT2D eigenvalue weighted by Crippen LogP contribution is 2.27. The summed E-state index contributed by atoms with van der Waals surface area (Å²) in [5.41, 5.74) is 3.72. The number of carbonyl (C=O) groups is 1. The van der Waals surface area contributed by atoms with Gasteiger partial charge in [0.2, 0.25) is 5.91 Å². The number of β-amino-alcohol motifs (C(OH)–C–C–N with tert-alkyl or cyclic N) is 1. The van der Waals surface area contributed by atoms with E-state index in [9.17, 15) is 9.90 Å². The minimum absolute atomic E-state index is 0.104. The van der Waals surface area contributed by atoms with E-state index in [0.717, 1.165) is 26.1 Å². The molecule has 1 fully saturated rings. The van der Waals surface area contributed by atoms with Crippen molar-refractivity contribution in [2.75, 3.05) is 44.2 Å². The first-order valence-corrected chi connectivity index (χ1v) is 9.74. The third kappa shape index (κ3) is 4.31. The van der Waals surface area contributed by atoms with Gasteiger partial charge in [-0.1, -0.05) is 48.5 Å². The van der Waals surface area contributed by atoms with Gasteiger partial charge in [-0.2, -0.15) is 0 Å². The molecule has 1 amide bonds. The lowest BCUT2D eigenvalue weighted by Gasteiger charge is -2.26. The minimum atomic E-state index is -0.508. The first-order valence-electron chi connectivity index (χ1n) is 9.74. The maximum atomic E-state index is 12.9. The summed E-state index contributed by atoms with van der Waals surface area (Å²) in [6, 6.07) is 18.6. The van der Waals surface area contributed by atoms with E-state index in [1.807, 2.05) is 29.2 Å². The van der Waals surface area contributed by atoms with Crippen LogP contribution in [-0.4, -0.2) is 66.2 Å². The maximum Gasteiger partial charge on any atom is 0.242 e. The average molecular weight is 365 g/mol. The first-order chi connectivity index (χ1) is 13.2. The molecule has 2 heterocycles. The fourth-order valence-corrected chi connectivity index (χ4v) is 4.10. The number of anilines is 1. The van der Waals surface area contributed by atoms with Gasteiger partial charge in [0.25, 0.3) is 0 Å². The number of carbonyl (C=O) groups excluding carboxylic acids is 1. The van der Waals surface area contributed by atoms with Crippen LogP contribution in [-0.2, 0) is 17.8 Å². The molecule has 2 aliphatic heterocycles. The van der Waals surface area contributed by atoms with Gasteiger partial charge in [-0.3, -0.25) is 9.69 Å². The van der Waals surface area contributed by atoms with Crippen LogP contribution in [0.1, 0.15) is 11.1 Å². The van der Waals surface area contributed by atoms with Crippen molar-refractivity contribution in [2.45, 2.75) is 19.1 Å². The molecule has 0 spiro atoms. The quantitative estimate of drug-likeness (QED) is 0.897. The number of benzene rings is 2. The molecule has 4 rings (SSSR count). The van der Waals surface area contributed by atoms with Crippen LogP contribution in [0.15, 0.2) is 54.6 Å². The van der Waals surface area contributed by atoms with Gasteiger partial charge >= 0.3 is 0 Å². The number of rotatable bonds is 4. The Hall–Kier alpha value is -2.37. The SMILES string of the molecule is O=C(CN1CCc2ccccc21)N1CCN(Cc2ccccc2)CC(O)C1. The summed E-state index contributed by atoms with van der Waals surface area (Å²) in [6.07, 6.45) is 0.489. The molecule has 0 aromatic heterocycles. The molecule has 0 aliphatic carbocycles. The number of hydrogen-bond acceptors (Lipinski definition) is 4. The molecule has 0 saturated carbocycles. The number of nitrogens with zero attached hydrogens (tertiary/aromatic N) is 3. The Labute approximate surface area is 160 Å². The van der Waals surface area contributed by atoms with Crippen LogP contribution in [0.2, 0.25) is 0 Å². The Kier molecular flexibility index (Phi) is 5.41. The summed E-state index contributed by atoms with van der Waals surface area (Å²) in [5.74, 6) is 0.104. The molecule has 2 aromatic rings. The number of aliphatic hydroxyl groups is 1. The molecule has 1 N–H and O–H groups in total. The highest BCUT2D eigenvalue weighted by atomic mass is 16.3. The number of aliphatic hydroxyl groups excluding tert-OH is 1. The van der Waals surface area contributed by atoms with Gasteiger partial charge in [-0.25, -0.2) is 0 Å². The van der Waals surface area contributed by atoms with Crippen LogP contribution in [0.25, 0.3) is 0 Å². The van der Waals surface area contributed by atoms with E-state index in [2.05, 4.69) is 40.1 Å². The summed E-state index contributed by atoms with van der Waals surface area (Å²) in [5, 5.41) is 10.4. The topological polar surface area (TPSA) is 47.0 Å². The molecule has 2 aromatic carbocycles. The second-order valence-corrected chi connectivity index (χ2v) is 7.51. The van der Waals surface area contributed by atoms with Crippen LogP contribution in [0, 0.1) is 0 Å². The zero-order chi connectivity index (χ0) is 18.6. The predicted molar refractivity (Wildman–Crippen MR) is 107 cm³/mol. The van der Waals surface area contributed by atoms with E-state index >= 15 is 0 Å². The van der Waals surface area contributed by atoms with E-state index in [1.165, 1.54) is 16.8 Å². The number of hydrogen-bond donors (Lipinski definition) is 1. The Balaban J connectivity index is 1.36. The van der Waals surface area contributed by atoms with Gasteiger partial charge in [-0.15, -0.1) is 0 Å². The van der Waals surface area contributed by atoms with Crippen molar-refractivity contribution in [1.29, 1.82) is 0 Å². The Morgan fingerprint density at radius 1 is 0.963 bits per heavy atom. The highest BCUT2D eigenvalue weighted by molar-refractivity contribution is 5.82. The number of para-hydroxylation sites is 1. The monoisotopic (exact) mass is 365 g/mol. The Bertz CT molecular complexity index is 780. The number of amides is 1. The van der Waals surface area contributed by atoms with Gasteiger partial charge in [-0.05, 0) is 23.6 Å². The molecule has 1 atom stereocenters. The fraction of sp³-hybridized carbons (Fsp3) is 0.409. The van der Waals surface area contributed by atoms with E-state index in [0.29, 0.717) is 26.2 Å². The molecule has 142 valence electrons. The molecular weight excluding hydrogens is 338 g/mol. The summed E-state index contributed by atoms with van der Waals surface area (Å²) in [6.45, 7) is 4.56. The molecule has 5 nitrogen and oxygen atoms in total. The molecule has 2 aliphatic rings. The van der Waals surface area contributed by atoms with Crippen molar-refractivity contribution in [1.82, 2.24) is 9.80 Å². The summed E-state index contributed by atoms with van der Waals surface area (Å²) >= 11 is 0.